The monoisotopic (exact) mass is 254 g/mol. The van der Waals surface area contributed by atoms with E-state index in [2.05, 4.69) is 6.92 Å². The predicted octanol–water partition coefficient (Wildman–Crippen LogP) is 3.32. The fourth-order valence-corrected chi connectivity index (χ4v) is 3.67. The van der Waals surface area contributed by atoms with Gasteiger partial charge in [0.2, 0.25) is 0 Å². The number of aliphatic hydroxyl groups excluding tert-OH is 1. The fourth-order valence-electron chi connectivity index (χ4n) is 2.35. The van der Waals surface area contributed by atoms with Gasteiger partial charge in [0.1, 0.15) is 5.82 Å². The number of aryl methyl sites for hydroxylation is 1. The second kappa shape index (κ2) is 4.99. The Bertz CT molecular complexity index is 399. The number of hydrogen-bond donors (Lipinski definition) is 1. The average molecular weight is 254 g/mol. The first kappa shape index (κ1) is 12.9. The molecule has 1 aliphatic rings. The third-order valence-corrected chi connectivity index (χ3v) is 5.31. The number of thioether (sulfide) groups is 1. The van der Waals surface area contributed by atoms with E-state index >= 15 is 0 Å². The van der Waals surface area contributed by atoms with Gasteiger partial charge in [-0.3, -0.25) is 0 Å². The van der Waals surface area contributed by atoms with E-state index < -0.39 is 6.10 Å². The van der Waals surface area contributed by atoms with Crippen molar-refractivity contribution in [3.8, 4) is 0 Å². The largest absolute Gasteiger partial charge is 0.391 e. The molecule has 0 bridgehead atoms. The van der Waals surface area contributed by atoms with Crippen LogP contribution in [0.1, 0.15) is 30.9 Å². The Morgan fingerprint density at radius 1 is 1.53 bits per heavy atom. The summed E-state index contributed by atoms with van der Waals surface area (Å²) in [5.74, 6) is 0.900. The topological polar surface area (TPSA) is 20.2 Å². The van der Waals surface area contributed by atoms with Crippen molar-refractivity contribution in [2.24, 2.45) is 0 Å². The minimum Gasteiger partial charge on any atom is -0.391 e. The first-order valence-corrected chi connectivity index (χ1v) is 7.07. The van der Waals surface area contributed by atoms with Crippen LogP contribution in [0.3, 0.4) is 0 Å². The highest BCUT2D eigenvalue weighted by Crippen LogP contribution is 2.41. The Morgan fingerprint density at radius 2 is 2.29 bits per heavy atom. The molecule has 1 fully saturated rings. The van der Waals surface area contributed by atoms with E-state index in [1.807, 2.05) is 18.7 Å². The molecule has 1 aliphatic heterocycles. The quantitative estimate of drug-likeness (QED) is 0.893. The van der Waals surface area contributed by atoms with Gasteiger partial charge in [-0.2, -0.15) is 11.8 Å². The lowest BCUT2D eigenvalue weighted by atomic mass is 9.92. The summed E-state index contributed by atoms with van der Waals surface area (Å²) in [5.41, 5.74) is 1.98. The van der Waals surface area contributed by atoms with Gasteiger partial charge in [-0.05, 0) is 55.7 Å². The van der Waals surface area contributed by atoms with Crippen molar-refractivity contribution in [3.05, 3.63) is 35.1 Å². The van der Waals surface area contributed by atoms with Crippen LogP contribution < -0.4 is 0 Å². The van der Waals surface area contributed by atoms with Crippen molar-refractivity contribution in [1.82, 2.24) is 0 Å². The summed E-state index contributed by atoms with van der Waals surface area (Å²) in [4.78, 5) is 0. The molecule has 0 saturated carbocycles. The van der Waals surface area contributed by atoms with Gasteiger partial charge in [-0.15, -0.1) is 0 Å². The molecule has 2 rings (SSSR count). The lowest BCUT2D eigenvalue weighted by Gasteiger charge is -2.29. The molecule has 94 valence electrons. The van der Waals surface area contributed by atoms with Gasteiger partial charge in [0.15, 0.2) is 0 Å². The summed E-state index contributed by atoms with van der Waals surface area (Å²) in [6.07, 6.45) is 2.37. The second-order valence-electron chi connectivity index (χ2n) is 5.06. The summed E-state index contributed by atoms with van der Waals surface area (Å²) in [7, 11) is 0. The van der Waals surface area contributed by atoms with E-state index in [4.69, 9.17) is 0 Å². The third kappa shape index (κ3) is 2.83. The van der Waals surface area contributed by atoms with Crippen LogP contribution >= 0.6 is 11.8 Å². The summed E-state index contributed by atoms with van der Waals surface area (Å²) in [5, 5.41) is 10.3. The average Bonchev–Trinajstić information content (AvgIpc) is 2.72. The van der Waals surface area contributed by atoms with Crippen LogP contribution in [0.4, 0.5) is 4.39 Å². The maximum atomic E-state index is 13.2. The van der Waals surface area contributed by atoms with Crippen molar-refractivity contribution < 1.29 is 9.50 Å². The molecule has 0 radical (unpaired) electrons. The fraction of sp³-hybridized carbons (Fsp3) is 0.571. The number of halogens is 1. The van der Waals surface area contributed by atoms with Crippen molar-refractivity contribution in [3.63, 3.8) is 0 Å². The molecular formula is C14H19FOS. The highest BCUT2D eigenvalue weighted by atomic mass is 32.2. The van der Waals surface area contributed by atoms with Crippen LogP contribution in [0.15, 0.2) is 18.2 Å². The summed E-state index contributed by atoms with van der Waals surface area (Å²) in [6, 6.07) is 4.79. The summed E-state index contributed by atoms with van der Waals surface area (Å²) >= 11 is 1.84. The zero-order chi connectivity index (χ0) is 12.5. The van der Waals surface area contributed by atoms with Gasteiger partial charge in [0.25, 0.3) is 0 Å². The molecule has 0 aliphatic carbocycles. The Kier molecular flexibility index (Phi) is 3.79. The van der Waals surface area contributed by atoms with Gasteiger partial charge < -0.3 is 5.11 Å². The zero-order valence-electron chi connectivity index (χ0n) is 10.4. The van der Waals surface area contributed by atoms with Crippen molar-refractivity contribution in [1.29, 1.82) is 0 Å². The van der Waals surface area contributed by atoms with Crippen LogP contribution in [0.5, 0.6) is 0 Å². The molecule has 3 heteroatoms. The summed E-state index contributed by atoms with van der Waals surface area (Å²) < 4.78 is 13.1. The number of hydrogen-bond acceptors (Lipinski definition) is 2. The first-order valence-electron chi connectivity index (χ1n) is 6.08. The molecule has 2 unspecified atom stereocenters. The Morgan fingerprint density at radius 3 is 2.94 bits per heavy atom. The van der Waals surface area contributed by atoms with Crippen LogP contribution in [-0.4, -0.2) is 21.7 Å². The van der Waals surface area contributed by atoms with Crippen molar-refractivity contribution in [2.75, 3.05) is 5.75 Å². The van der Waals surface area contributed by atoms with Crippen LogP contribution in [0.25, 0.3) is 0 Å². The second-order valence-corrected chi connectivity index (χ2v) is 6.68. The van der Waals surface area contributed by atoms with E-state index in [9.17, 15) is 9.50 Å². The van der Waals surface area contributed by atoms with Gasteiger partial charge in [0.05, 0.1) is 6.10 Å². The Balaban J connectivity index is 2.12. The molecule has 1 aromatic carbocycles. The molecule has 1 N–H and O–H groups in total. The molecule has 17 heavy (non-hydrogen) atoms. The SMILES string of the molecule is Cc1ccc(F)cc1CC(O)C1(C)CCCS1. The van der Waals surface area contributed by atoms with E-state index in [-0.39, 0.29) is 10.6 Å². The molecular weight excluding hydrogens is 235 g/mol. The molecule has 1 heterocycles. The van der Waals surface area contributed by atoms with Crippen LogP contribution in [0.2, 0.25) is 0 Å². The number of aliphatic hydroxyl groups is 1. The lowest BCUT2D eigenvalue weighted by molar-refractivity contribution is 0.133. The van der Waals surface area contributed by atoms with Gasteiger partial charge >= 0.3 is 0 Å². The van der Waals surface area contributed by atoms with Crippen LogP contribution in [0, 0.1) is 12.7 Å². The van der Waals surface area contributed by atoms with Gasteiger partial charge in [-0.25, -0.2) is 4.39 Å². The van der Waals surface area contributed by atoms with Crippen LogP contribution in [-0.2, 0) is 6.42 Å². The van der Waals surface area contributed by atoms with E-state index in [1.165, 1.54) is 12.5 Å². The first-order chi connectivity index (χ1) is 8.01. The molecule has 1 saturated heterocycles. The maximum Gasteiger partial charge on any atom is 0.123 e. The van der Waals surface area contributed by atoms with Crippen molar-refractivity contribution in [2.45, 2.75) is 44.0 Å². The summed E-state index contributed by atoms with van der Waals surface area (Å²) in [6.45, 7) is 4.08. The third-order valence-electron chi connectivity index (χ3n) is 3.68. The molecule has 2 atom stereocenters. The molecule has 1 aromatic rings. The van der Waals surface area contributed by atoms with E-state index in [0.29, 0.717) is 6.42 Å². The predicted molar refractivity (Wildman–Crippen MR) is 70.9 cm³/mol. The lowest BCUT2D eigenvalue weighted by Crippen LogP contribution is -2.35. The molecule has 0 aromatic heterocycles. The van der Waals surface area contributed by atoms with Crippen molar-refractivity contribution >= 4 is 11.8 Å². The zero-order valence-corrected chi connectivity index (χ0v) is 11.2. The standard InChI is InChI=1S/C14H19FOS/c1-10-4-5-12(15)8-11(10)9-13(16)14(2)6-3-7-17-14/h4-5,8,13,16H,3,6-7,9H2,1-2H3. The molecule has 0 spiro atoms. The normalized spacial score (nSPS) is 26.1. The Labute approximate surface area is 106 Å². The maximum absolute atomic E-state index is 13.2. The minimum atomic E-state index is -0.393. The van der Waals surface area contributed by atoms with E-state index in [0.717, 1.165) is 23.3 Å². The Hall–Kier alpha value is -0.540. The van der Waals surface area contributed by atoms with E-state index in [1.54, 1.807) is 12.1 Å². The highest BCUT2D eigenvalue weighted by molar-refractivity contribution is 8.00. The minimum absolute atomic E-state index is 0.0568. The van der Waals surface area contributed by atoms with Gasteiger partial charge in [0, 0.05) is 11.2 Å². The highest BCUT2D eigenvalue weighted by Gasteiger charge is 2.36. The number of rotatable bonds is 3. The van der Waals surface area contributed by atoms with Gasteiger partial charge in [-0.1, -0.05) is 6.07 Å². The number of benzene rings is 1. The molecule has 1 nitrogen and oxygen atoms in total. The smallest absolute Gasteiger partial charge is 0.123 e. The molecule has 0 amide bonds.